The largest absolute Gasteiger partial charge is 0.465 e. The fourth-order valence-electron chi connectivity index (χ4n) is 4.13. The third-order valence-electron chi connectivity index (χ3n) is 6.22. The van der Waals surface area contributed by atoms with Gasteiger partial charge in [-0.15, -0.1) is 0 Å². The van der Waals surface area contributed by atoms with E-state index in [0.29, 0.717) is 35.8 Å². The predicted octanol–water partition coefficient (Wildman–Crippen LogP) is 6.07. The molecule has 38 heavy (non-hydrogen) atoms. The first-order chi connectivity index (χ1) is 18.3. The average Bonchev–Trinajstić information content (AvgIpc) is 3.43. The first-order valence-corrected chi connectivity index (χ1v) is 13.1. The van der Waals surface area contributed by atoms with E-state index < -0.39 is 4.92 Å². The zero-order valence-electron chi connectivity index (χ0n) is 20.7. The molecule has 3 aromatic carbocycles. The van der Waals surface area contributed by atoms with Gasteiger partial charge in [-0.25, -0.2) is 9.10 Å². The van der Waals surface area contributed by atoms with Gasteiger partial charge in [-0.05, 0) is 77.4 Å². The number of amides is 1. The predicted molar refractivity (Wildman–Crippen MR) is 149 cm³/mol. The lowest BCUT2D eigenvalue weighted by molar-refractivity contribution is -0.384. The Morgan fingerprint density at radius 2 is 1.74 bits per heavy atom. The van der Waals surface area contributed by atoms with Gasteiger partial charge < -0.3 is 9.64 Å². The number of nitro groups is 1. The summed E-state index contributed by atoms with van der Waals surface area (Å²) < 4.78 is 7.01. The number of benzene rings is 3. The fraction of sp³-hybridized carbons (Fsp3) is 0.214. The first-order valence-electron chi connectivity index (χ1n) is 11.9. The number of nitro benzene ring substituents is 1. The molecule has 0 radical (unpaired) electrons. The van der Waals surface area contributed by atoms with Gasteiger partial charge in [0.2, 0.25) is 0 Å². The Balaban J connectivity index is 1.47. The van der Waals surface area contributed by atoms with Crippen LogP contribution in [0.15, 0.2) is 78.2 Å². The lowest BCUT2D eigenvalue weighted by Crippen LogP contribution is -2.34. The molecule has 1 unspecified atom stereocenters. The van der Waals surface area contributed by atoms with Crippen LogP contribution in [-0.4, -0.2) is 52.2 Å². The normalized spacial score (nSPS) is 15.2. The number of nitrogens with zero attached hydrogens (tertiary/aromatic N) is 3. The summed E-state index contributed by atoms with van der Waals surface area (Å²) in [5.74, 6) is -0.531. The number of halogens is 1. The Bertz CT molecular complexity index is 1310. The Morgan fingerprint density at radius 1 is 1.08 bits per heavy atom. The summed E-state index contributed by atoms with van der Waals surface area (Å²) in [6.07, 6.45) is 2.78. The molecule has 4 rings (SSSR count). The zero-order chi connectivity index (χ0) is 27.1. The number of hydrogen-bond acceptors (Lipinski definition) is 7. The van der Waals surface area contributed by atoms with Crippen LogP contribution in [0.1, 0.15) is 38.3 Å². The molecule has 10 heteroatoms. The van der Waals surface area contributed by atoms with E-state index in [-0.39, 0.29) is 23.6 Å². The molecular formula is C28H26ClN3O5S. The maximum Gasteiger partial charge on any atom is 0.337 e. The summed E-state index contributed by atoms with van der Waals surface area (Å²) in [6.45, 7) is 1.71. The smallest absolute Gasteiger partial charge is 0.337 e. The molecule has 3 aromatic rings. The molecule has 0 saturated carbocycles. The molecular weight excluding hydrogens is 526 g/mol. The molecule has 1 atom stereocenters. The second kappa shape index (κ2) is 12.7. The van der Waals surface area contributed by atoms with Crippen molar-refractivity contribution < 1.29 is 19.2 Å². The maximum atomic E-state index is 13.1. The molecule has 0 aromatic heterocycles. The number of ether oxygens (including phenoxy) is 1. The number of hydrogen-bond donors (Lipinski definition) is 0. The Hall–Kier alpha value is -3.66. The van der Waals surface area contributed by atoms with Crippen LogP contribution in [-0.2, 0) is 11.3 Å². The highest BCUT2D eigenvalue weighted by atomic mass is 35.5. The SMILES string of the molecule is COC(=O)c1ccc(CN(S/C=C/c2ccc(Cl)cc2)C2CCN(C(=O)c3ccc([N+](=O)[O-])cc3)C2)cc1. The van der Waals surface area contributed by atoms with E-state index in [0.717, 1.165) is 17.5 Å². The number of esters is 1. The molecule has 1 aliphatic heterocycles. The minimum atomic E-state index is -0.482. The molecule has 0 aliphatic carbocycles. The van der Waals surface area contributed by atoms with E-state index in [1.165, 1.54) is 31.4 Å². The topological polar surface area (TPSA) is 93.0 Å². The molecule has 1 aliphatic rings. The molecule has 1 fully saturated rings. The fourth-order valence-corrected chi connectivity index (χ4v) is 5.20. The van der Waals surface area contributed by atoms with Crippen LogP contribution in [0.5, 0.6) is 0 Å². The van der Waals surface area contributed by atoms with Crippen LogP contribution in [0.4, 0.5) is 5.69 Å². The third kappa shape index (κ3) is 7.00. The van der Waals surface area contributed by atoms with Gasteiger partial charge in [0.15, 0.2) is 0 Å². The van der Waals surface area contributed by atoms with Gasteiger partial charge in [0.05, 0.1) is 17.6 Å². The van der Waals surface area contributed by atoms with Crippen molar-refractivity contribution in [2.75, 3.05) is 20.2 Å². The number of non-ortho nitro benzene ring substituents is 1. The van der Waals surface area contributed by atoms with Gasteiger partial charge in [0.1, 0.15) is 0 Å². The quantitative estimate of drug-likeness (QED) is 0.138. The van der Waals surface area contributed by atoms with E-state index in [9.17, 15) is 19.7 Å². The maximum absolute atomic E-state index is 13.1. The van der Waals surface area contributed by atoms with E-state index in [1.54, 1.807) is 29.0 Å². The molecule has 1 heterocycles. The van der Waals surface area contributed by atoms with Crippen molar-refractivity contribution >= 4 is 47.2 Å². The van der Waals surface area contributed by atoms with Gasteiger partial charge in [-0.3, -0.25) is 14.9 Å². The minimum absolute atomic E-state index is 0.0471. The summed E-state index contributed by atoms with van der Waals surface area (Å²) in [4.78, 5) is 37.1. The second-order valence-electron chi connectivity index (χ2n) is 8.72. The lowest BCUT2D eigenvalue weighted by atomic mass is 10.1. The average molecular weight is 552 g/mol. The van der Waals surface area contributed by atoms with Gasteiger partial charge in [-0.1, -0.05) is 35.9 Å². The highest BCUT2D eigenvalue weighted by Gasteiger charge is 2.31. The Morgan fingerprint density at radius 3 is 2.37 bits per heavy atom. The number of methoxy groups -OCH3 is 1. The van der Waals surface area contributed by atoms with Crippen molar-refractivity contribution in [1.29, 1.82) is 0 Å². The van der Waals surface area contributed by atoms with Crippen LogP contribution in [0.2, 0.25) is 5.02 Å². The van der Waals surface area contributed by atoms with E-state index in [2.05, 4.69) is 4.31 Å². The van der Waals surface area contributed by atoms with Crippen molar-refractivity contribution in [2.45, 2.75) is 19.0 Å². The standard InChI is InChI=1S/C28H26ClN3O5S/c1-37-28(34)23-6-2-21(3-7-23)18-31(38-17-15-20-4-10-24(29)11-5-20)26-14-16-30(19-26)27(33)22-8-12-25(13-9-22)32(35)36/h2-13,15,17,26H,14,16,18-19H2,1H3/b17-15+. The number of likely N-dealkylation sites (tertiary alicyclic amines) is 1. The number of carbonyl (C=O) groups excluding carboxylic acids is 2. The van der Waals surface area contributed by atoms with Gasteiger partial charge in [-0.2, -0.15) is 0 Å². The van der Waals surface area contributed by atoms with Crippen molar-refractivity contribution in [3.8, 4) is 0 Å². The van der Waals surface area contributed by atoms with Crippen molar-refractivity contribution in [1.82, 2.24) is 9.21 Å². The summed E-state index contributed by atoms with van der Waals surface area (Å²) in [7, 11) is 1.35. The van der Waals surface area contributed by atoms with Crippen molar-refractivity contribution in [3.05, 3.63) is 116 Å². The highest BCUT2D eigenvalue weighted by molar-refractivity contribution is 8.00. The molecule has 0 N–H and O–H groups in total. The van der Waals surface area contributed by atoms with Crippen molar-refractivity contribution in [2.24, 2.45) is 0 Å². The van der Waals surface area contributed by atoms with Gasteiger partial charge in [0, 0.05) is 48.4 Å². The Kier molecular flexibility index (Phi) is 9.17. The van der Waals surface area contributed by atoms with Crippen LogP contribution >= 0.6 is 23.5 Å². The Labute approximate surface area is 230 Å². The molecule has 196 valence electrons. The first kappa shape index (κ1) is 27.4. The highest BCUT2D eigenvalue weighted by Crippen LogP contribution is 2.28. The molecule has 1 saturated heterocycles. The lowest BCUT2D eigenvalue weighted by Gasteiger charge is -2.27. The summed E-state index contributed by atoms with van der Waals surface area (Å²) in [6, 6.07) is 20.6. The number of carbonyl (C=O) groups is 2. The van der Waals surface area contributed by atoms with E-state index >= 15 is 0 Å². The summed E-state index contributed by atoms with van der Waals surface area (Å²) in [5, 5.41) is 13.6. The van der Waals surface area contributed by atoms with Gasteiger partial charge >= 0.3 is 5.97 Å². The van der Waals surface area contributed by atoms with Crippen LogP contribution in [0, 0.1) is 10.1 Å². The second-order valence-corrected chi connectivity index (χ2v) is 10.1. The minimum Gasteiger partial charge on any atom is -0.465 e. The van der Waals surface area contributed by atoms with Crippen LogP contribution < -0.4 is 0 Å². The number of rotatable bonds is 9. The monoisotopic (exact) mass is 551 g/mol. The van der Waals surface area contributed by atoms with Crippen molar-refractivity contribution in [3.63, 3.8) is 0 Å². The van der Waals surface area contributed by atoms with E-state index in [1.807, 2.05) is 47.9 Å². The molecule has 8 nitrogen and oxygen atoms in total. The third-order valence-corrected chi connectivity index (χ3v) is 7.43. The summed E-state index contributed by atoms with van der Waals surface area (Å²) >= 11 is 7.55. The summed E-state index contributed by atoms with van der Waals surface area (Å²) in [5.41, 5.74) is 2.90. The van der Waals surface area contributed by atoms with Crippen LogP contribution in [0.3, 0.4) is 0 Å². The van der Waals surface area contributed by atoms with Gasteiger partial charge in [0.25, 0.3) is 11.6 Å². The van der Waals surface area contributed by atoms with E-state index in [4.69, 9.17) is 16.3 Å². The molecule has 1 amide bonds. The zero-order valence-corrected chi connectivity index (χ0v) is 22.2. The molecule has 0 spiro atoms. The van der Waals surface area contributed by atoms with Crippen LogP contribution in [0.25, 0.3) is 6.08 Å². The molecule has 0 bridgehead atoms.